The first-order chi connectivity index (χ1) is 11.0. The van der Waals surface area contributed by atoms with E-state index in [4.69, 9.17) is 9.31 Å². The molecule has 1 aromatic heterocycles. The topological polar surface area (TPSA) is 36.3 Å². The Labute approximate surface area is 145 Å². The van der Waals surface area contributed by atoms with Crippen LogP contribution in [0, 0.1) is 0 Å². The summed E-state index contributed by atoms with van der Waals surface area (Å²) in [6.45, 7) is 14.9. The van der Waals surface area contributed by atoms with E-state index in [1.54, 1.807) is 6.20 Å². The SMILES string of the molecule is CC(C)(C)c1ccc(-n2nccc2B2OC(C)(C)C(C)(C)O2)cc1. The molecule has 0 amide bonds. The molecular weight excluding hydrogens is 299 g/mol. The highest BCUT2D eigenvalue weighted by Crippen LogP contribution is 2.36. The predicted octanol–water partition coefficient (Wildman–Crippen LogP) is 3.47. The number of aromatic nitrogens is 2. The summed E-state index contributed by atoms with van der Waals surface area (Å²) in [6.07, 6.45) is 1.79. The van der Waals surface area contributed by atoms with Gasteiger partial charge in [0.15, 0.2) is 0 Å². The van der Waals surface area contributed by atoms with Crippen LogP contribution in [0.15, 0.2) is 36.5 Å². The molecule has 0 atom stereocenters. The molecule has 0 N–H and O–H groups in total. The molecular formula is C19H27BN2O2. The second-order valence-electron chi connectivity index (χ2n) is 8.55. The third-order valence-corrected chi connectivity index (χ3v) is 5.14. The summed E-state index contributed by atoms with van der Waals surface area (Å²) in [5, 5.41) is 4.48. The van der Waals surface area contributed by atoms with E-state index in [-0.39, 0.29) is 16.6 Å². The maximum Gasteiger partial charge on any atom is 0.514 e. The molecule has 0 saturated carbocycles. The summed E-state index contributed by atoms with van der Waals surface area (Å²) in [5.41, 5.74) is 2.65. The van der Waals surface area contributed by atoms with Gasteiger partial charge in [-0.25, -0.2) is 4.68 Å². The second kappa shape index (κ2) is 5.46. The van der Waals surface area contributed by atoms with E-state index in [1.165, 1.54) is 5.56 Å². The van der Waals surface area contributed by atoms with Crippen LogP contribution >= 0.6 is 0 Å². The quantitative estimate of drug-likeness (QED) is 0.793. The van der Waals surface area contributed by atoms with Crippen molar-refractivity contribution in [2.45, 2.75) is 65.1 Å². The van der Waals surface area contributed by atoms with E-state index in [0.29, 0.717) is 0 Å². The van der Waals surface area contributed by atoms with Crippen molar-refractivity contribution in [3.8, 4) is 5.69 Å². The second-order valence-corrected chi connectivity index (χ2v) is 8.55. The highest BCUT2D eigenvalue weighted by Gasteiger charge is 2.52. The molecule has 0 radical (unpaired) electrons. The summed E-state index contributed by atoms with van der Waals surface area (Å²) in [4.78, 5) is 0. The molecule has 0 aliphatic carbocycles. The van der Waals surface area contributed by atoms with Crippen LogP contribution in [-0.2, 0) is 14.7 Å². The Morgan fingerprint density at radius 2 is 1.46 bits per heavy atom. The van der Waals surface area contributed by atoms with Crippen LogP contribution < -0.4 is 5.59 Å². The van der Waals surface area contributed by atoms with Crippen LogP contribution in [0.5, 0.6) is 0 Å². The van der Waals surface area contributed by atoms with Gasteiger partial charge in [-0.1, -0.05) is 32.9 Å². The number of hydrogen-bond donors (Lipinski definition) is 0. The van der Waals surface area contributed by atoms with Crippen molar-refractivity contribution in [3.05, 3.63) is 42.1 Å². The van der Waals surface area contributed by atoms with Gasteiger partial charge in [-0.3, -0.25) is 0 Å². The average Bonchev–Trinajstić information content (AvgIpc) is 3.01. The zero-order chi connectivity index (χ0) is 17.8. The molecule has 5 heteroatoms. The number of hydrogen-bond acceptors (Lipinski definition) is 3. The van der Waals surface area contributed by atoms with Gasteiger partial charge in [-0.05, 0) is 56.9 Å². The Hall–Kier alpha value is -1.59. The van der Waals surface area contributed by atoms with Crippen LogP contribution in [0.4, 0.5) is 0 Å². The van der Waals surface area contributed by atoms with E-state index in [1.807, 2.05) is 10.7 Å². The Kier molecular flexibility index (Phi) is 3.93. The molecule has 0 unspecified atom stereocenters. The van der Waals surface area contributed by atoms with Crippen molar-refractivity contribution < 1.29 is 9.31 Å². The maximum atomic E-state index is 6.17. The van der Waals surface area contributed by atoms with Gasteiger partial charge >= 0.3 is 7.12 Å². The zero-order valence-corrected chi connectivity index (χ0v) is 15.8. The molecule has 0 bridgehead atoms. The van der Waals surface area contributed by atoms with Crippen LogP contribution in [0.2, 0.25) is 0 Å². The van der Waals surface area contributed by atoms with Crippen molar-refractivity contribution in [1.29, 1.82) is 0 Å². The van der Waals surface area contributed by atoms with Crippen LogP contribution in [0.1, 0.15) is 54.0 Å². The Bertz CT molecular complexity index is 711. The molecule has 4 nitrogen and oxygen atoms in total. The van der Waals surface area contributed by atoms with Crippen LogP contribution in [-0.4, -0.2) is 28.1 Å². The van der Waals surface area contributed by atoms with E-state index < -0.39 is 7.12 Å². The van der Waals surface area contributed by atoms with Gasteiger partial charge < -0.3 is 9.31 Å². The summed E-state index contributed by atoms with van der Waals surface area (Å²) in [7, 11) is -0.417. The lowest BCUT2D eigenvalue weighted by Gasteiger charge is -2.32. The first-order valence-electron chi connectivity index (χ1n) is 8.52. The average molecular weight is 326 g/mol. The molecule has 2 aromatic rings. The normalized spacial score (nSPS) is 19.7. The van der Waals surface area contributed by atoms with Gasteiger partial charge in [0, 0.05) is 6.20 Å². The molecule has 1 saturated heterocycles. The van der Waals surface area contributed by atoms with Gasteiger partial charge in [0.1, 0.15) is 0 Å². The molecule has 1 aliphatic rings. The van der Waals surface area contributed by atoms with E-state index in [0.717, 1.165) is 11.3 Å². The minimum atomic E-state index is -0.417. The fourth-order valence-electron chi connectivity index (χ4n) is 2.77. The fraction of sp³-hybridized carbons (Fsp3) is 0.526. The summed E-state index contributed by atoms with van der Waals surface area (Å²) in [5.74, 6) is 0. The fourth-order valence-corrected chi connectivity index (χ4v) is 2.77. The number of rotatable bonds is 2. The third-order valence-electron chi connectivity index (χ3n) is 5.14. The van der Waals surface area contributed by atoms with Gasteiger partial charge in [-0.15, -0.1) is 0 Å². The molecule has 0 spiro atoms. The lowest BCUT2D eigenvalue weighted by atomic mass is 9.84. The number of nitrogens with zero attached hydrogens (tertiary/aromatic N) is 2. The molecule has 24 heavy (non-hydrogen) atoms. The van der Waals surface area contributed by atoms with Crippen molar-refractivity contribution in [2.75, 3.05) is 0 Å². The first kappa shape index (κ1) is 17.2. The first-order valence-corrected chi connectivity index (χ1v) is 8.52. The summed E-state index contributed by atoms with van der Waals surface area (Å²) < 4.78 is 14.2. The predicted molar refractivity (Wildman–Crippen MR) is 98.0 cm³/mol. The van der Waals surface area contributed by atoms with Crippen molar-refractivity contribution in [3.63, 3.8) is 0 Å². The number of benzene rings is 1. The van der Waals surface area contributed by atoms with E-state index >= 15 is 0 Å². The molecule has 3 rings (SSSR count). The van der Waals surface area contributed by atoms with Crippen molar-refractivity contribution in [2.24, 2.45) is 0 Å². The van der Waals surface area contributed by atoms with Crippen LogP contribution in [0.3, 0.4) is 0 Å². The van der Waals surface area contributed by atoms with Crippen LogP contribution in [0.25, 0.3) is 5.69 Å². The van der Waals surface area contributed by atoms with Gasteiger partial charge in [0.25, 0.3) is 0 Å². The summed E-state index contributed by atoms with van der Waals surface area (Å²) in [6, 6.07) is 10.5. The largest absolute Gasteiger partial charge is 0.514 e. The minimum absolute atomic E-state index is 0.136. The zero-order valence-electron chi connectivity index (χ0n) is 15.8. The van der Waals surface area contributed by atoms with Gasteiger partial charge in [-0.2, -0.15) is 5.10 Å². The van der Waals surface area contributed by atoms with Gasteiger partial charge in [0.05, 0.1) is 22.5 Å². The lowest BCUT2D eigenvalue weighted by Crippen LogP contribution is -2.41. The minimum Gasteiger partial charge on any atom is -0.398 e. The third kappa shape index (κ3) is 2.91. The maximum absolute atomic E-state index is 6.17. The summed E-state index contributed by atoms with van der Waals surface area (Å²) >= 11 is 0. The van der Waals surface area contributed by atoms with Crippen molar-refractivity contribution >= 4 is 12.7 Å². The highest BCUT2D eigenvalue weighted by atomic mass is 16.7. The van der Waals surface area contributed by atoms with Crippen molar-refractivity contribution in [1.82, 2.24) is 9.78 Å². The Morgan fingerprint density at radius 1 is 0.917 bits per heavy atom. The highest BCUT2D eigenvalue weighted by molar-refractivity contribution is 6.61. The smallest absolute Gasteiger partial charge is 0.398 e. The Morgan fingerprint density at radius 3 is 1.96 bits per heavy atom. The monoisotopic (exact) mass is 326 g/mol. The molecule has 128 valence electrons. The van der Waals surface area contributed by atoms with Gasteiger partial charge in [0.2, 0.25) is 0 Å². The lowest BCUT2D eigenvalue weighted by molar-refractivity contribution is 0.00578. The van der Waals surface area contributed by atoms with E-state index in [2.05, 4.69) is 77.8 Å². The molecule has 2 heterocycles. The standard InChI is InChI=1S/C19H27BN2O2/c1-17(2,3)14-8-10-15(11-9-14)22-16(12-13-21-22)20-23-18(4,5)19(6,7)24-20/h8-13H,1-7H3. The molecule has 1 aromatic carbocycles. The van der Waals surface area contributed by atoms with E-state index in [9.17, 15) is 0 Å². The molecule has 1 aliphatic heterocycles. The Balaban J connectivity index is 1.92. The molecule has 1 fully saturated rings.